The van der Waals surface area contributed by atoms with Gasteiger partial charge in [-0.05, 0) is 52.2 Å². The van der Waals surface area contributed by atoms with Crippen LogP contribution in [-0.2, 0) is 0 Å². The first-order chi connectivity index (χ1) is 24.7. The Balaban J connectivity index is 1.12. The van der Waals surface area contributed by atoms with Crippen LogP contribution >= 0.6 is 0 Å². The average molecular weight is 643 g/mol. The highest BCUT2D eigenvalue weighted by atomic mass is 16.4. The number of rotatable bonds is 5. The molecule has 0 fully saturated rings. The molecule has 10 aromatic rings. The second-order valence-corrected chi connectivity index (χ2v) is 12.3. The number of nitrogens with zero attached hydrogens (tertiary/aromatic N) is 4. The standard InChI is InChI=1S/C44H26N4O2/c1-3-10-27(11-4-1)29-18-21-31(22-19-29)44-45-36-25-35-38(26-39(36)50-44)49-37-17-9-16-34(40(35)37)43-47-41(30-13-5-2-6-14-30)46-42(48-43)33-23-20-28-12-7-8-15-32(28)24-33/h1-26H. The number of furan rings is 1. The van der Waals surface area contributed by atoms with Gasteiger partial charge in [0.05, 0.1) is 0 Å². The van der Waals surface area contributed by atoms with E-state index in [1.807, 2.05) is 103 Å². The summed E-state index contributed by atoms with van der Waals surface area (Å²) in [6, 6.07) is 53.2. The summed E-state index contributed by atoms with van der Waals surface area (Å²) in [5, 5.41) is 4.11. The highest BCUT2D eigenvalue weighted by molar-refractivity contribution is 6.14. The van der Waals surface area contributed by atoms with Crippen molar-refractivity contribution in [2.24, 2.45) is 0 Å². The number of oxazole rings is 1. The molecule has 0 amide bonds. The van der Waals surface area contributed by atoms with E-state index in [0.29, 0.717) is 34.5 Å². The van der Waals surface area contributed by atoms with Crippen LogP contribution in [0.4, 0.5) is 0 Å². The van der Waals surface area contributed by atoms with E-state index in [-0.39, 0.29) is 0 Å². The molecule has 0 unspecified atom stereocenters. The molecule has 50 heavy (non-hydrogen) atoms. The van der Waals surface area contributed by atoms with Crippen molar-refractivity contribution in [3.05, 3.63) is 158 Å². The van der Waals surface area contributed by atoms with Gasteiger partial charge >= 0.3 is 0 Å². The summed E-state index contributed by atoms with van der Waals surface area (Å²) in [6.07, 6.45) is 0. The van der Waals surface area contributed by atoms with E-state index in [1.54, 1.807) is 0 Å². The van der Waals surface area contributed by atoms with E-state index in [2.05, 4.69) is 54.6 Å². The monoisotopic (exact) mass is 642 g/mol. The zero-order valence-electron chi connectivity index (χ0n) is 26.6. The van der Waals surface area contributed by atoms with Gasteiger partial charge in [0, 0.05) is 39.1 Å². The van der Waals surface area contributed by atoms with Crippen LogP contribution in [0, 0.1) is 0 Å². The molecule has 0 bridgehead atoms. The zero-order chi connectivity index (χ0) is 33.0. The summed E-state index contributed by atoms with van der Waals surface area (Å²) >= 11 is 0. The maximum absolute atomic E-state index is 6.42. The van der Waals surface area contributed by atoms with Crippen molar-refractivity contribution in [1.29, 1.82) is 0 Å². The molecule has 3 aromatic heterocycles. The van der Waals surface area contributed by atoms with Crippen molar-refractivity contribution in [2.75, 3.05) is 0 Å². The number of hydrogen-bond acceptors (Lipinski definition) is 6. The molecule has 0 aliphatic rings. The average Bonchev–Trinajstić information content (AvgIpc) is 3.78. The Hall–Kier alpha value is -6.92. The SMILES string of the molecule is c1ccc(-c2ccc(-c3nc4cc5c(cc4o3)oc3cccc(-c4nc(-c6ccccc6)nc(-c6ccc7ccccc7c6)n4)c35)cc2)cc1. The summed E-state index contributed by atoms with van der Waals surface area (Å²) in [6.45, 7) is 0. The molecular formula is C44H26N4O2. The van der Waals surface area contributed by atoms with Gasteiger partial charge in [0.15, 0.2) is 23.1 Å². The van der Waals surface area contributed by atoms with Crippen LogP contribution in [0.15, 0.2) is 167 Å². The molecule has 234 valence electrons. The molecule has 0 saturated carbocycles. The van der Waals surface area contributed by atoms with E-state index in [4.69, 9.17) is 28.8 Å². The summed E-state index contributed by atoms with van der Waals surface area (Å²) < 4.78 is 12.7. The Morgan fingerprint density at radius 1 is 0.360 bits per heavy atom. The third-order valence-corrected chi connectivity index (χ3v) is 9.16. The van der Waals surface area contributed by atoms with Crippen LogP contribution in [0.1, 0.15) is 0 Å². The molecule has 0 radical (unpaired) electrons. The van der Waals surface area contributed by atoms with E-state index in [0.717, 1.165) is 66.0 Å². The lowest BCUT2D eigenvalue weighted by atomic mass is 10.0. The van der Waals surface area contributed by atoms with Gasteiger partial charge in [0.25, 0.3) is 0 Å². The predicted octanol–water partition coefficient (Wildman–Crippen LogP) is 11.4. The molecule has 10 rings (SSSR count). The van der Waals surface area contributed by atoms with Crippen LogP contribution < -0.4 is 0 Å². The third kappa shape index (κ3) is 4.81. The lowest BCUT2D eigenvalue weighted by Crippen LogP contribution is -2.00. The fourth-order valence-corrected chi connectivity index (χ4v) is 6.66. The lowest BCUT2D eigenvalue weighted by Gasteiger charge is -2.10. The summed E-state index contributed by atoms with van der Waals surface area (Å²) in [4.78, 5) is 20.0. The minimum Gasteiger partial charge on any atom is -0.456 e. The maximum Gasteiger partial charge on any atom is 0.227 e. The van der Waals surface area contributed by atoms with Gasteiger partial charge in [0.2, 0.25) is 5.89 Å². The van der Waals surface area contributed by atoms with Gasteiger partial charge in [-0.1, -0.05) is 121 Å². The molecule has 6 heteroatoms. The Morgan fingerprint density at radius 2 is 1.00 bits per heavy atom. The molecule has 0 aliphatic heterocycles. The van der Waals surface area contributed by atoms with Crippen LogP contribution in [0.2, 0.25) is 0 Å². The van der Waals surface area contributed by atoms with Crippen molar-refractivity contribution in [3.8, 4) is 56.7 Å². The van der Waals surface area contributed by atoms with Gasteiger partial charge in [0.1, 0.15) is 16.7 Å². The summed E-state index contributed by atoms with van der Waals surface area (Å²) in [5.41, 5.74) is 8.73. The second kappa shape index (κ2) is 11.4. The first-order valence-corrected chi connectivity index (χ1v) is 16.5. The van der Waals surface area contributed by atoms with Gasteiger partial charge < -0.3 is 8.83 Å². The van der Waals surface area contributed by atoms with Crippen molar-refractivity contribution in [2.45, 2.75) is 0 Å². The highest BCUT2D eigenvalue weighted by Gasteiger charge is 2.20. The van der Waals surface area contributed by atoms with Crippen molar-refractivity contribution in [3.63, 3.8) is 0 Å². The van der Waals surface area contributed by atoms with E-state index >= 15 is 0 Å². The smallest absolute Gasteiger partial charge is 0.227 e. The molecule has 7 aromatic carbocycles. The first kappa shape index (κ1) is 28.1. The molecule has 0 saturated heterocycles. The quantitative estimate of drug-likeness (QED) is 0.186. The fourth-order valence-electron chi connectivity index (χ4n) is 6.66. The maximum atomic E-state index is 6.42. The minimum absolute atomic E-state index is 0.557. The highest BCUT2D eigenvalue weighted by Crippen LogP contribution is 2.39. The molecular weight excluding hydrogens is 617 g/mol. The molecule has 0 aliphatic carbocycles. The summed E-state index contributed by atoms with van der Waals surface area (Å²) in [7, 11) is 0. The molecule has 0 spiro atoms. The zero-order valence-corrected chi connectivity index (χ0v) is 26.6. The van der Waals surface area contributed by atoms with E-state index < -0.39 is 0 Å². The topological polar surface area (TPSA) is 77.8 Å². The Labute approximate surface area is 286 Å². The largest absolute Gasteiger partial charge is 0.456 e. The first-order valence-electron chi connectivity index (χ1n) is 16.5. The molecule has 0 N–H and O–H groups in total. The van der Waals surface area contributed by atoms with Crippen molar-refractivity contribution < 1.29 is 8.83 Å². The van der Waals surface area contributed by atoms with Gasteiger partial charge in [-0.25, -0.2) is 19.9 Å². The van der Waals surface area contributed by atoms with E-state index in [9.17, 15) is 0 Å². The van der Waals surface area contributed by atoms with E-state index in [1.165, 1.54) is 0 Å². The number of aromatic nitrogens is 4. The van der Waals surface area contributed by atoms with Gasteiger partial charge in [-0.3, -0.25) is 0 Å². The van der Waals surface area contributed by atoms with Gasteiger partial charge in [-0.15, -0.1) is 0 Å². The number of benzene rings is 7. The van der Waals surface area contributed by atoms with Gasteiger partial charge in [-0.2, -0.15) is 0 Å². The molecule has 6 nitrogen and oxygen atoms in total. The van der Waals surface area contributed by atoms with Crippen LogP contribution in [-0.4, -0.2) is 19.9 Å². The van der Waals surface area contributed by atoms with Crippen molar-refractivity contribution in [1.82, 2.24) is 19.9 Å². The normalized spacial score (nSPS) is 11.6. The van der Waals surface area contributed by atoms with Crippen LogP contribution in [0.3, 0.4) is 0 Å². The Bertz CT molecular complexity index is 2860. The Kier molecular flexibility index (Phi) is 6.39. The lowest BCUT2D eigenvalue weighted by molar-refractivity contribution is 0.617. The fraction of sp³-hybridized carbons (Fsp3) is 0. The summed E-state index contributed by atoms with van der Waals surface area (Å²) in [5.74, 6) is 2.33. The second-order valence-electron chi connectivity index (χ2n) is 12.3. The number of fused-ring (bicyclic) bond motifs is 5. The number of hydrogen-bond donors (Lipinski definition) is 0. The van der Waals surface area contributed by atoms with Crippen molar-refractivity contribution >= 4 is 43.8 Å². The Morgan fingerprint density at radius 3 is 1.80 bits per heavy atom. The predicted molar refractivity (Wildman–Crippen MR) is 199 cm³/mol. The minimum atomic E-state index is 0.557. The molecule has 3 heterocycles. The van der Waals surface area contributed by atoms with Crippen LogP contribution in [0.25, 0.3) is 101 Å². The molecule has 0 atom stereocenters. The third-order valence-electron chi connectivity index (χ3n) is 9.16. The van der Waals surface area contributed by atoms with Crippen LogP contribution in [0.5, 0.6) is 0 Å².